The molecule has 0 saturated carbocycles. The molecule has 0 aromatic carbocycles. The van der Waals surface area contributed by atoms with E-state index >= 15 is 0 Å². The lowest BCUT2D eigenvalue weighted by molar-refractivity contribution is 0.0419. The Balaban J connectivity index is 2.72. The molecule has 78 valence electrons. The van der Waals surface area contributed by atoms with Gasteiger partial charge in [-0.3, -0.25) is 4.90 Å². The highest BCUT2D eigenvalue weighted by Gasteiger charge is 2.40. The number of hydrogen-bond acceptors (Lipinski definition) is 1. The summed E-state index contributed by atoms with van der Waals surface area (Å²) in [7, 11) is 0. The molecule has 2 atom stereocenters. The van der Waals surface area contributed by atoms with Gasteiger partial charge in [-0.15, -0.1) is 23.2 Å². The third-order valence-corrected chi connectivity index (χ3v) is 4.12. The summed E-state index contributed by atoms with van der Waals surface area (Å²) in [5.74, 6) is 0.692. The van der Waals surface area contributed by atoms with Crippen molar-refractivity contribution in [3.05, 3.63) is 0 Å². The summed E-state index contributed by atoms with van der Waals surface area (Å²) in [6.45, 7) is 7.63. The van der Waals surface area contributed by atoms with Crippen molar-refractivity contribution < 1.29 is 0 Å². The lowest BCUT2D eigenvalue weighted by Gasteiger charge is -2.49. The summed E-state index contributed by atoms with van der Waals surface area (Å²) < 4.78 is 0. The zero-order valence-corrected chi connectivity index (χ0v) is 10.2. The first kappa shape index (κ1) is 11.6. The van der Waals surface area contributed by atoms with Crippen LogP contribution in [-0.4, -0.2) is 34.3 Å². The van der Waals surface area contributed by atoms with Crippen molar-refractivity contribution in [3.8, 4) is 0 Å². The predicted molar refractivity (Wildman–Crippen MR) is 59.8 cm³/mol. The number of hydrogen-bond donors (Lipinski definition) is 0. The largest absolute Gasteiger partial charge is 0.293 e. The van der Waals surface area contributed by atoms with E-state index in [1.165, 1.54) is 6.42 Å². The van der Waals surface area contributed by atoms with E-state index in [1.54, 1.807) is 0 Å². The summed E-state index contributed by atoms with van der Waals surface area (Å²) in [6, 6.07) is 0.615. The van der Waals surface area contributed by atoms with Crippen LogP contribution in [0.2, 0.25) is 0 Å². The molecule has 0 N–H and O–H groups in total. The normalized spacial score (nSPS) is 34.8. The lowest BCUT2D eigenvalue weighted by Crippen LogP contribution is -2.58. The van der Waals surface area contributed by atoms with Crippen LogP contribution in [0.15, 0.2) is 0 Å². The van der Waals surface area contributed by atoms with E-state index in [0.717, 1.165) is 13.0 Å². The second-order valence-electron chi connectivity index (χ2n) is 4.43. The summed E-state index contributed by atoms with van der Waals surface area (Å²) in [5.41, 5.74) is 0.0914. The van der Waals surface area contributed by atoms with Crippen molar-refractivity contribution in [3.63, 3.8) is 0 Å². The summed E-state index contributed by atoms with van der Waals surface area (Å²) >= 11 is 12.1. The Bertz CT molecular complexity index is 170. The van der Waals surface area contributed by atoms with Crippen LogP contribution in [0.1, 0.15) is 33.6 Å². The quantitative estimate of drug-likeness (QED) is 0.651. The van der Waals surface area contributed by atoms with Crippen LogP contribution < -0.4 is 0 Å². The average molecular weight is 224 g/mol. The van der Waals surface area contributed by atoms with Gasteiger partial charge in [0.1, 0.15) is 0 Å². The Hall–Kier alpha value is 0.540. The standard InChI is InChI=1S/C10H19Cl2N/c1-8-4-5-9(12)10(2,3)13(8)7-6-11/h8-9H,4-7H2,1-3H3. The lowest BCUT2D eigenvalue weighted by atomic mass is 9.86. The van der Waals surface area contributed by atoms with E-state index in [9.17, 15) is 0 Å². The molecule has 0 aromatic heterocycles. The molecular formula is C10H19Cl2N. The average Bonchev–Trinajstić information content (AvgIpc) is 2.06. The molecule has 1 fully saturated rings. The maximum Gasteiger partial charge on any atom is 0.0515 e. The SMILES string of the molecule is CC1CCC(Cl)C(C)(C)N1CCCl. The Labute approximate surface area is 91.4 Å². The Kier molecular flexibility index (Phi) is 3.91. The summed E-state index contributed by atoms with van der Waals surface area (Å²) in [5, 5.41) is 0.256. The van der Waals surface area contributed by atoms with Crippen LogP contribution in [0, 0.1) is 0 Å². The van der Waals surface area contributed by atoms with Crippen LogP contribution in [0.5, 0.6) is 0 Å². The molecule has 1 aliphatic rings. The molecule has 0 spiro atoms. The highest BCUT2D eigenvalue weighted by atomic mass is 35.5. The molecule has 1 heterocycles. The summed E-state index contributed by atoms with van der Waals surface area (Å²) in [4.78, 5) is 2.43. The number of likely N-dealkylation sites (tertiary alicyclic amines) is 1. The van der Waals surface area contributed by atoms with E-state index in [1.807, 2.05) is 0 Å². The molecule has 0 aliphatic carbocycles. The number of alkyl halides is 2. The molecule has 0 bridgehead atoms. The van der Waals surface area contributed by atoms with Crippen molar-refractivity contribution in [2.75, 3.05) is 12.4 Å². The van der Waals surface area contributed by atoms with Crippen LogP contribution in [-0.2, 0) is 0 Å². The van der Waals surface area contributed by atoms with Crippen molar-refractivity contribution >= 4 is 23.2 Å². The van der Waals surface area contributed by atoms with Gasteiger partial charge in [0.2, 0.25) is 0 Å². The van der Waals surface area contributed by atoms with Gasteiger partial charge in [0.15, 0.2) is 0 Å². The van der Waals surface area contributed by atoms with Crippen LogP contribution >= 0.6 is 23.2 Å². The van der Waals surface area contributed by atoms with E-state index in [4.69, 9.17) is 23.2 Å². The molecule has 0 amide bonds. The van der Waals surface area contributed by atoms with Gasteiger partial charge in [0.05, 0.1) is 5.38 Å². The second kappa shape index (κ2) is 4.37. The number of piperidine rings is 1. The van der Waals surface area contributed by atoms with Gasteiger partial charge in [0, 0.05) is 24.0 Å². The second-order valence-corrected chi connectivity index (χ2v) is 5.33. The van der Waals surface area contributed by atoms with Gasteiger partial charge in [-0.05, 0) is 33.6 Å². The Morgan fingerprint density at radius 2 is 2.00 bits per heavy atom. The first-order chi connectivity index (χ1) is 6.00. The van der Waals surface area contributed by atoms with E-state index < -0.39 is 0 Å². The fourth-order valence-corrected chi connectivity index (χ4v) is 2.68. The van der Waals surface area contributed by atoms with Crippen molar-refractivity contribution in [1.82, 2.24) is 4.90 Å². The van der Waals surface area contributed by atoms with Crippen LogP contribution in [0.4, 0.5) is 0 Å². The fourth-order valence-electron chi connectivity index (χ4n) is 2.24. The monoisotopic (exact) mass is 223 g/mol. The minimum atomic E-state index is 0.0914. The van der Waals surface area contributed by atoms with Gasteiger partial charge in [0.25, 0.3) is 0 Å². The third-order valence-electron chi connectivity index (χ3n) is 3.20. The maximum atomic E-state index is 6.32. The number of rotatable bonds is 2. The first-order valence-electron chi connectivity index (χ1n) is 4.97. The molecule has 0 radical (unpaired) electrons. The minimum Gasteiger partial charge on any atom is -0.293 e. The van der Waals surface area contributed by atoms with Gasteiger partial charge in [-0.2, -0.15) is 0 Å². The third kappa shape index (κ3) is 2.31. The molecule has 1 nitrogen and oxygen atoms in total. The first-order valence-corrected chi connectivity index (χ1v) is 5.94. The molecule has 0 aromatic rings. The van der Waals surface area contributed by atoms with E-state index in [0.29, 0.717) is 11.9 Å². The van der Waals surface area contributed by atoms with E-state index in [2.05, 4.69) is 25.7 Å². The maximum absolute atomic E-state index is 6.32. The van der Waals surface area contributed by atoms with Gasteiger partial charge in [-0.1, -0.05) is 0 Å². The summed E-state index contributed by atoms with van der Waals surface area (Å²) in [6.07, 6.45) is 2.31. The Morgan fingerprint density at radius 1 is 1.38 bits per heavy atom. The molecule has 2 unspecified atom stereocenters. The van der Waals surface area contributed by atoms with Gasteiger partial charge >= 0.3 is 0 Å². The van der Waals surface area contributed by atoms with Crippen molar-refractivity contribution in [1.29, 1.82) is 0 Å². The number of nitrogens with zero attached hydrogens (tertiary/aromatic N) is 1. The van der Waals surface area contributed by atoms with Crippen LogP contribution in [0.3, 0.4) is 0 Å². The molecular weight excluding hydrogens is 205 g/mol. The van der Waals surface area contributed by atoms with E-state index in [-0.39, 0.29) is 10.9 Å². The smallest absolute Gasteiger partial charge is 0.0515 e. The highest BCUT2D eigenvalue weighted by Crippen LogP contribution is 2.34. The molecule has 1 aliphatic heterocycles. The molecule has 3 heteroatoms. The zero-order valence-electron chi connectivity index (χ0n) is 8.69. The molecule has 13 heavy (non-hydrogen) atoms. The van der Waals surface area contributed by atoms with Gasteiger partial charge < -0.3 is 0 Å². The Morgan fingerprint density at radius 3 is 2.54 bits per heavy atom. The minimum absolute atomic E-state index is 0.0914. The zero-order chi connectivity index (χ0) is 10.1. The van der Waals surface area contributed by atoms with Crippen molar-refractivity contribution in [2.24, 2.45) is 0 Å². The number of halogens is 2. The molecule has 1 rings (SSSR count). The predicted octanol–water partition coefficient (Wildman–Crippen LogP) is 3.10. The topological polar surface area (TPSA) is 3.24 Å². The van der Waals surface area contributed by atoms with Crippen LogP contribution in [0.25, 0.3) is 0 Å². The van der Waals surface area contributed by atoms with Gasteiger partial charge in [-0.25, -0.2) is 0 Å². The highest BCUT2D eigenvalue weighted by molar-refractivity contribution is 6.21. The van der Waals surface area contributed by atoms with Crippen molar-refractivity contribution in [2.45, 2.75) is 50.6 Å². The fraction of sp³-hybridized carbons (Fsp3) is 1.00. The molecule has 1 saturated heterocycles.